The molecule has 0 aliphatic carbocycles. The summed E-state index contributed by atoms with van der Waals surface area (Å²) in [5.74, 6) is 1.03. The van der Waals surface area contributed by atoms with E-state index in [2.05, 4.69) is 0 Å². The summed E-state index contributed by atoms with van der Waals surface area (Å²) < 4.78 is 10.5. The number of benzene rings is 1. The zero-order valence-corrected chi connectivity index (χ0v) is 8.85. The molecule has 2 unspecified atom stereocenters. The first kappa shape index (κ1) is 10.5. The predicted octanol–water partition coefficient (Wildman–Crippen LogP) is 1.56. The third-order valence-electron chi connectivity index (χ3n) is 2.81. The fourth-order valence-corrected chi connectivity index (χ4v) is 2.06. The standard InChI is InChI=1S/C12H16O3/c1-14-8-11(13)9-6-7-15-12-5-3-2-4-10(9)12/h2-5,9,11,13H,6-8H2,1H3. The van der Waals surface area contributed by atoms with Crippen LogP contribution in [0.15, 0.2) is 24.3 Å². The van der Waals surface area contributed by atoms with Gasteiger partial charge in [0.1, 0.15) is 5.75 Å². The molecule has 0 saturated carbocycles. The van der Waals surface area contributed by atoms with Gasteiger partial charge in [0.05, 0.1) is 19.3 Å². The Bertz CT molecular complexity index is 324. The lowest BCUT2D eigenvalue weighted by Gasteiger charge is -2.29. The van der Waals surface area contributed by atoms with E-state index in [1.165, 1.54) is 0 Å². The molecule has 3 heteroatoms. The maximum atomic E-state index is 9.94. The quantitative estimate of drug-likeness (QED) is 0.819. The monoisotopic (exact) mass is 208 g/mol. The smallest absolute Gasteiger partial charge is 0.122 e. The van der Waals surface area contributed by atoms with Crippen LogP contribution in [0.4, 0.5) is 0 Å². The SMILES string of the molecule is COCC(O)C1CCOc2ccccc21. The molecule has 0 fully saturated rings. The summed E-state index contributed by atoms with van der Waals surface area (Å²) in [4.78, 5) is 0. The lowest BCUT2D eigenvalue weighted by atomic mass is 9.88. The molecule has 2 rings (SSSR count). The largest absolute Gasteiger partial charge is 0.493 e. The summed E-state index contributed by atoms with van der Waals surface area (Å²) >= 11 is 0. The minimum Gasteiger partial charge on any atom is -0.493 e. The van der Waals surface area contributed by atoms with Crippen molar-refractivity contribution < 1.29 is 14.6 Å². The zero-order valence-electron chi connectivity index (χ0n) is 8.85. The fourth-order valence-electron chi connectivity index (χ4n) is 2.06. The lowest BCUT2D eigenvalue weighted by Crippen LogP contribution is -2.28. The molecule has 0 amide bonds. The van der Waals surface area contributed by atoms with Gasteiger partial charge in [-0.2, -0.15) is 0 Å². The molecule has 0 bridgehead atoms. The van der Waals surface area contributed by atoms with Crippen LogP contribution >= 0.6 is 0 Å². The van der Waals surface area contributed by atoms with Gasteiger partial charge < -0.3 is 14.6 Å². The van der Waals surface area contributed by atoms with E-state index in [0.29, 0.717) is 13.2 Å². The average Bonchev–Trinajstić information content (AvgIpc) is 2.28. The lowest BCUT2D eigenvalue weighted by molar-refractivity contribution is 0.0364. The Hall–Kier alpha value is -1.06. The molecular weight excluding hydrogens is 192 g/mol. The minimum absolute atomic E-state index is 0.134. The molecular formula is C12H16O3. The molecule has 1 N–H and O–H groups in total. The van der Waals surface area contributed by atoms with Crippen LogP contribution in [0.2, 0.25) is 0 Å². The minimum atomic E-state index is -0.444. The van der Waals surface area contributed by atoms with Crippen LogP contribution < -0.4 is 4.74 Å². The summed E-state index contributed by atoms with van der Waals surface area (Å²) in [6.45, 7) is 1.04. The van der Waals surface area contributed by atoms with Crippen LogP contribution in [-0.4, -0.2) is 31.5 Å². The molecule has 2 atom stereocenters. The third kappa shape index (κ3) is 2.13. The first-order valence-corrected chi connectivity index (χ1v) is 5.21. The Morgan fingerprint density at radius 1 is 1.53 bits per heavy atom. The second kappa shape index (κ2) is 4.64. The van der Waals surface area contributed by atoms with E-state index in [1.54, 1.807) is 7.11 Å². The molecule has 1 aliphatic heterocycles. The Labute approximate surface area is 89.6 Å². The highest BCUT2D eigenvalue weighted by Crippen LogP contribution is 2.35. The number of aliphatic hydroxyl groups is 1. The van der Waals surface area contributed by atoms with E-state index in [1.807, 2.05) is 24.3 Å². The van der Waals surface area contributed by atoms with Gasteiger partial charge in [0, 0.05) is 13.0 Å². The average molecular weight is 208 g/mol. The van der Waals surface area contributed by atoms with Crippen LogP contribution in [0.25, 0.3) is 0 Å². The van der Waals surface area contributed by atoms with Crippen molar-refractivity contribution in [3.8, 4) is 5.75 Å². The Balaban J connectivity index is 2.21. The summed E-state index contributed by atoms with van der Waals surface area (Å²) in [5, 5.41) is 9.94. The molecule has 0 radical (unpaired) electrons. The van der Waals surface area contributed by atoms with Gasteiger partial charge >= 0.3 is 0 Å². The van der Waals surface area contributed by atoms with E-state index in [4.69, 9.17) is 9.47 Å². The number of ether oxygens (including phenoxy) is 2. The summed E-state index contributed by atoms with van der Waals surface area (Å²) in [6, 6.07) is 7.88. The number of rotatable bonds is 3. The second-order valence-corrected chi connectivity index (χ2v) is 3.80. The first-order chi connectivity index (χ1) is 7.33. The molecule has 3 nitrogen and oxygen atoms in total. The normalized spacial score (nSPS) is 21.6. The number of methoxy groups -OCH3 is 1. The van der Waals surface area contributed by atoms with Gasteiger partial charge in [0.25, 0.3) is 0 Å². The maximum absolute atomic E-state index is 9.94. The van der Waals surface area contributed by atoms with Gasteiger partial charge in [-0.1, -0.05) is 18.2 Å². The van der Waals surface area contributed by atoms with Gasteiger partial charge in [-0.25, -0.2) is 0 Å². The number of para-hydroxylation sites is 1. The number of hydrogen-bond donors (Lipinski definition) is 1. The van der Waals surface area contributed by atoms with Crippen molar-refractivity contribution in [1.82, 2.24) is 0 Å². The van der Waals surface area contributed by atoms with Crippen LogP contribution in [0, 0.1) is 0 Å². The molecule has 82 valence electrons. The zero-order chi connectivity index (χ0) is 10.7. The molecule has 0 spiro atoms. The van der Waals surface area contributed by atoms with Gasteiger partial charge in [0.2, 0.25) is 0 Å². The van der Waals surface area contributed by atoms with E-state index < -0.39 is 6.10 Å². The summed E-state index contributed by atoms with van der Waals surface area (Å²) in [6.07, 6.45) is 0.404. The van der Waals surface area contributed by atoms with Gasteiger partial charge in [0.15, 0.2) is 0 Å². The van der Waals surface area contributed by atoms with Crippen molar-refractivity contribution in [2.45, 2.75) is 18.4 Å². The van der Waals surface area contributed by atoms with Crippen LogP contribution in [-0.2, 0) is 4.74 Å². The van der Waals surface area contributed by atoms with Crippen LogP contribution in [0.1, 0.15) is 17.9 Å². The van der Waals surface area contributed by atoms with Crippen LogP contribution in [0.5, 0.6) is 5.75 Å². The Morgan fingerprint density at radius 3 is 3.13 bits per heavy atom. The molecule has 0 saturated heterocycles. The molecule has 1 heterocycles. The molecule has 1 aromatic carbocycles. The molecule has 0 aromatic heterocycles. The number of fused-ring (bicyclic) bond motifs is 1. The van der Waals surface area contributed by atoms with Gasteiger partial charge in [-0.15, -0.1) is 0 Å². The van der Waals surface area contributed by atoms with Crippen molar-refractivity contribution in [2.75, 3.05) is 20.3 Å². The van der Waals surface area contributed by atoms with Crippen molar-refractivity contribution in [3.63, 3.8) is 0 Å². The number of aliphatic hydroxyl groups excluding tert-OH is 1. The third-order valence-corrected chi connectivity index (χ3v) is 2.81. The Morgan fingerprint density at radius 2 is 2.33 bits per heavy atom. The van der Waals surface area contributed by atoms with Gasteiger partial charge in [-0.05, 0) is 18.1 Å². The summed E-state index contributed by atoms with van der Waals surface area (Å²) in [5.41, 5.74) is 1.09. The van der Waals surface area contributed by atoms with E-state index in [0.717, 1.165) is 17.7 Å². The van der Waals surface area contributed by atoms with E-state index >= 15 is 0 Å². The predicted molar refractivity (Wildman–Crippen MR) is 57.2 cm³/mol. The first-order valence-electron chi connectivity index (χ1n) is 5.21. The van der Waals surface area contributed by atoms with Crippen molar-refractivity contribution >= 4 is 0 Å². The van der Waals surface area contributed by atoms with Crippen molar-refractivity contribution in [2.24, 2.45) is 0 Å². The summed E-state index contributed by atoms with van der Waals surface area (Å²) in [7, 11) is 1.61. The van der Waals surface area contributed by atoms with Crippen molar-refractivity contribution in [1.29, 1.82) is 0 Å². The van der Waals surface area contributed by atoms with Crippen LogP contribution in [0.3, 0.4) is 0 Å². The molecule has 15 heavy (non-hydrogen) atoms. The second-order valence-electron chi connectivity index (χ2n) is 3.80. The maximum Gasteiger partial charge on any atom is 0.122 e. The number of hydrogen-bond acceptors (Lipinski definition) is 3. The topological polar surface area (TPSA) is 38.7 Å². The van der Waals surface area contributed by atoms with E-state index in [-0.39, 0.29) is 5.92 Å². The highest BCUT2D eigenvalue weighted by molar-refractivity contribution is 5.38. The molecule has 1 aromatic rings. The Kier molecular flexibility index (Phi) is 3.23. The van der Waals surface area contributed by atoms with Gasteiger partial charge in [-0.3, -0.25) is 0 Å². The fraction of sp³-hybridized carbons (Fsp3) is 0.500. The van der Waals surface area contributed by atoms with Crippen molar-refractivity contribution in [3.05, 3.63) is 29.8 Å². The highest BCUT2D eigenvalue weighted by atomic mass is 16.5. The highest BCUT2D eigenvalue weighted by Gasteiger charge is 2.27. The molecule has 1 aliphatic rings. The van der Waals surface area contributed by atoms with E-state index in [9.17, 15) is 5.11 Å².